The van der Waals surface area contributed by atoms with E-state index in [0.717, 1.165) is 13.1 Å². The first kappa shape index (κ1) is 22.4. The van der Waals surface area contributed by atoms with Crippen LogP contribution in [0.5, 0.6) is 0 Å². The molecule has 0 saturated carbocycles. The molecule has 0 unspecified atom stereocenters. The van der Waals surface area contributed by atoms with Crippen LogP contribution in [0, 0.1) is 24.0 Å². The van der Waals surface area contributed by atoms with E-state index < -0.39 is 16.7 Å². The van der Waals surface area contributed by atoms with Gasteiger partial charge in [0, 0.05) is 49.4 Å². The van der Waals surface area contributed by atoms with Crippen LogP contribution in [0.2, 0.25) is 0 Å². The number of benzene rings is 1. The standard InChI is InChI=1S/C20H25N5O6/c1-14-3-4-16(12-17(14)25(28)29)20(27)24(6-5-23-7-9-30-10-8-23)13-19(26)21-18-11-15(2)31-22-18/h3-4,11-12H,5-10,13H2,1-2H3,(H,21,22,26). The number of nitrogens with one attached hydrogen (secondary N) is 1. The van der Waals surface area contributed by atoms with Crippen LogP contribution in [-0.2, 0) is 9.53 Å². The molecule has 1 saturated heterocycles. The molecule has 1 aromatic carbocycles. The van der Waals surface area contributed by atoms with E-state index in [1.54, 1.807) is 19.9 Å². The minimum Gasteiger partial charge on any atom is -0.379 e. The van der Waals surface area contributed by atoms with Crippen LogP contribution in [0.1, 0.15) is 21.7 Å². The van der Waals surface area contributed by atoms with Crippen molar-refractivity contribution in [3.63, 3.8) is 0 Å². The molecular formula is C20H25N5O6. The summed E-state index contributed by atoms with van der Waals surface area (Å²) in [6, 6.07) is 5.88. The van der Waals surface area contributed by atoms with Crippen molar-refractivity contribution in [3.05, 3.63) is 51.3 Å². The lowest BCUT2D eigenvalue weighted by molar-refractivity contribution is -0.385. The SMILES string of the molecule is Cc1cc(NC(=O)CN(CCN2CCOCC2)C(=O)c2ccc(C)c([N+](=O)[O-])c2)no1. The molecule has 3 rings (SSSR count). The molecular weight excluding hydrogens is 406 g/mol. The fourth-order valence-electron chi connectivity index (χ4n) is 3.24. The Balaban J connectivity index is 1.74. The molecule has 2 aromatic rings. The van der Waals surface area contributed by atoms with Crippen molar-refractivity contribution in [2.45, 2.75) is 13.8 Å². The van der Waals surface area contributed by atoms with Gasteiger partial charge in [-0.1, -0.05) is 11.2 Å². The Hall–Kier alpha value is -3.31. The largest absolute Gasteiger partial charge is 0.379 e. The Morgan fingerprint density at radius 2 is 2.00 bits per heavy atom. The summed E-state index contributed by atoms with van der Waals surface area (Å²) in [5, 5.41) is 17.6. The minimum atomic E-state index is -0.524. The summed E-state index contributed by atoms with van der Waals surface area (Å²) in [4.78, 5) is 39.9. The molecule has 2 heterocycles. The number of carbonyl (C=O) groups excluding carboxylic acids is 2. The fourth-order valence-corrected chi connectivity index (χ4v) is 3.24. The molecule has 0 aliphatic carbocycles. The lowest BCUT2D eigenvalue weighted by atomic mass is 10.1. The van der Waals surface area contributed by atoms with Gasteiger partial charge in [-0.2, -0.15) is 0 Å². The van der Waals surface area contributed by atoms with E-state index >= 15 is 0 Å². The Morgan fingerprint density at radius 1 is 1.26 bits per heavy atom. The highest BCUT2D eigenvalue weighted by atomic mass is 16.6. The number of hydrogen-bond acceptors (Lipinski definition) is 8. The van der Waals surface area contributed by atoms with Crippen LogP contribution < -0.4 is 5.32 Å². The molecule has 166 valence electrons. The molecule has 0 radical (unpaired) electrons. The first-order valence-corrected chi connectivity index (χ1v) is 9.91. The van der Waals surface area contributed by atoms with E-state index in [-0.39, 0.29) is 30.2 Å². The normalized spacial score (nSPS) is 14.3. The van der Waals surface area contributed by atoms with Crippen molar-refractivity contribution >= 4 is 23.3 Å². The molecule has 1 N–H and O–H groups in total. The highest BCUT2D eigenvalue weighted by molar-refractivity contribution is 5.99. The van der Waals surface area contributed by atoms with Crippen molar-refractivity contribution in [1.29, 1.82) is 0 Å². The maximum Gasteiger partial charge on any atom is 0.273 e. The molecule has 1 aromatic heterocycles. The number of nitrogens with zero attached hydrogens (tertiary/aromatic N) is 4. The third-order valence-electron chi connectivity index (χ3n) is 4.96. The average molecular weight is 431 g/mol. The van der Waals surface area contributed by atoms with Gasteiger partial charge in [-0.15, -0.1) is 0 Å². The lowest BCUT2D eigenvalue weighted by Gasteiger charge is -2.30. The maximum absolute atomic E-state index is 13.1. The molecule has 1 aliphatic rings. The molecule has 1 fully saturated rings. The van der Waals surface area contributed by atoms with Gasteiger partial charge in [0.2, 0.25) is 5.91 Å². The number of hydrogen-bond donors (Lipinski definition) is 1. The number of anilines is 1. The lowest BCUT2D eigenvalue weighted by Crippen LogP contribution is -2.45. The van der Waals surface area contributed by atoms with Gasteiger partial charge >= 0.3 is 0 Å². The van der Waals surface area contributed by atoms with Gasteiger partial charge in [0.05, 0.1) is 18.1 Å². The number of aromatic nitrogens is 1. The van der Waals surface area contributed by atoms with Gasteiger partial charge in [0.15, 0.2) is 5.82 Å². The van der Waals surface area contributed by atoms with Crippen LogP contribution >= 0.6 is 0 Å². The number of ether oxygens (including phenoxy) is 1. The summed E-state index contributed by atoms with van der Waals surface area (Å²) >= 11 is 0. The van der Waals surface area contributed by atoms with Crippen LogP contribution in [0.15, 0.2) is 28.8 Å². The average Bonchev–Trinajstić information content (AvgIpc) is 3.15. The van der Waals surface area contributed by atoms with Gasteiger partial charge in [-0.3, -0.25) is 24.6 Å². The van der Waals surface area contributed by atoms with Crippen LogP contribution in [0.4, 0.5) is 11.5 Å². The summed E-state index contributed by atoms with van der Waals surface area (Å²) in [6.45, 7) is 6.63. The van der Waals surface area contributed by atoms with E-state index in [0.29, 0.717) is 31.1 Å². The zero-order chi connectivity index (χ0) is 22.4. The molecule has 2 amide bonds. The predicted molar refractivity (Wildman–Crippen MR) is 111 cm³/mol. The summed E-state index contributed by atoms with van der Waals surface area (Å²) in [5.74, 6) is -0.0929. The van der Waals surface area contributed by atoms with E-state index in [4.69, 9.17) is 9.26 Å². The molecule has 11 nitrogen and oxygen atoms in total. The molecule has 0 bridgehead atoms. The highest BCUT2D eigenvalue weighted by Crippen LogP contribution is 2.20. The Kier molecular flexibility index (Phi) is 7.32. The number of nitro benzene ring substituents is 1. The van der Waals surface area contributed by atoms with Gasteiger partial charge in [-0.05, 0) is 19.9 Å². The van der Waals surface area contributed by atoms with Gasteiger partial charge < -0.3 is 19.5 Å². The number of aryl methyl sites for hydroxylation is 2. The topological polar surface area (TPSA) is 131 Å². The smallest absolute Gasteiger partial charge is 0.273 e. The molecule has 1 aliphatic heterocycles. The number of amides is 2. The van der Waals surface area contributed by atoms with E-state index in [2.05, 4.69) is 15.4 Å². The highest BCUT2D eigenvalue weighted by Gasteiger charge is 2.23. The van der Waals surface area contributed by atoms with Crippen molar-refractivity contribution in [1.82, 2.24) is 15.0 Å². The van der Waals surface area contributed by atoms with Crippen LogP contribution in [0.3, 0.4) is 0 Å². The third-order valence-corrected chi connectivity index (χ3v) is 4.96. The monoisotopic (exact) mass is 431 g/mol. The summed E-state index contributed by atoms with van der Waals surface area (Å²) in [7, 11) is 0. The zero-order valence-corrected chi connectivity index (χ0v) is 17.5. The Labute approximate surface area is 179 Å². The van der Waals surface area contributed by atoms with Gasteiger partial charge in [-0.25, -0.2) is 0 Å². The van der Waals surface area contributed by atoms with Crippen molar-refractivity contribution in [2.75, 3.05) is 51.3 Å². The Bertz CT molecular complexity index is 953. The molecule has 0 atom stereocenters. The van der Waals surface area contributed by atoms with Crippen LogP contribution in [-0.4, -0.2) is 77.6 Å². The van der Waals surface area contributed by atoms with Crippen molar-refractivity contribution in [3.8, 4) is 0 Å². The van der Waals surface area contributed by atoms with E-state index in [1.807, 2.05) is 0 Å². The summed E-state index contributed by atoms with van der Waals surface area (Å²) in [5.41, 5.74) is 0.478. The van der Waals surface area contributed by atoms with E-state index in [9.17, 15) is 19.7 Å². The Morgan fingerprint density at radius 3 is 2.65 bits per heavy atom. The fraction of sp³-hybridized carbons (Fsp3) is 0.450. The van der Waals surface area contributed by atoms with Crippen molar-refractivity contribution < 1.29 is 23.8 Å². The molecule has 11 heteroatoms. The van der Waals surface area contributed by atoms with Gasteiger partial charge in [0.25, 0.3) is 11.6 Å². The summed E-state index contributed by atoms with van der Waals surface area (Å²) in [6.07, 6.45) is 0. The molecule has 31 heavy (non-hydrogen) atoms. The predicted octanol–water partition coefficient (Wildman–Crippen LogP) is 1.61. The third kappa shape index (κ3) is 6.09. The van der Waals surface area contributed by atoms with Crippen LogP contribution in [0.25, 0.3) is 0 Å². The van der Waals surface area contributed by atoms with Gasteiger partial charge in [0.1, 0.15) is 12.3 Å². The quantitative estimate of drug-likeness (QED) is 0.493. The number of carbonyl (C=O) groups is 2. The number of nitro groups is 1. The van der Waals surface area contributed by atoms with Crippen molar-refractivity contribution in [2.24, 2.45) is 0 Å². The first-order valence-electron chi connectivity index (χ1n) is 9.91. The molecule has 0 spiro atoms. The number of rotatable bonds is 8. The first-order chi connectivity index (χ1) is 14.8. The van der Waals surface area contributed by atoms with E-state index in [1.165, 1.54) is 23.1 Å². The summed E-state index contributed by atoms with van der Waals surface area (Å²) < 4.78 is 10.3. The second-order valence-electron chi connectivity index (χ2n) is 7.31. The minimum absolute atomic E-state index is 0.137. The zero-order valence-electron chi connectivity index (χ0n) is 17.5. The maximum atomic E-state index is 13.1. The number of morpholine rings is 1. The second kappa shape index (κ2) is 10.1. The second-order valence-corrected chi connectivity index (χ2v) is 7.31.